The molecule has 0 radical (unpaired) electrons. The minimum atomic E-state index is -2.89. The molecule has 1 aliphatic rings. The van der Waals surface area contributed by atoms with Crippen LogP contribution in [0.5, 0.6) is 5.75 Å². The molecule has 0 spiro atoms. The number of alkyl halides is 2. The van der Waals surface area contributed by atoms with Crippen LogP contribution in [0.25, 0.3) is 0 Å². The number of benzene rings is 1. The van der Waals surface area contributed by atoms with Crippen molar-refractivity contribution in [2.75, 3.05) is 13.1 Å². The minimum absolute atomic E-state index is 0.000905. The van der Waals surface area contributed by atoms with Crippen molar-refractivity contribution in [2.45, 2.75) is 32.3 Å². The summed E-state index contributed by atoms with van der Waals surface area (Å²) < 4.78 is 28.6. The van der Waals surface area contributed by atoms with Crippen LogP contribution in [0.2, 0.25) is 0 Å². The van der Waals surface area contributed by atoms with Crippen LogP contribution in [0.1, 0.15) is 36.0 Å². The number of carbonyl (C=O) groups excluding carboxylic acids is 1. The van der Waals surface area contributed by atoms with Crippen molar-refractivity contribution < 1.29 is 18.3 Å². The number of hydrogen-bond donors (Lipinski definition) is 0. The van der Waals surface area contributed by atoms with Gasteiger partial charge in [0.2, 0.25) is 0 Å². The maximum absolute atomic E-state index is 12.2. The lowest BCUT2D eigenvalue weighted by Crippen LogP contribution is -2.18. The predicted octanol–water partition coefficient (Wildman–Crippen LogP) is 3.86. The molecule has 1 aromatic rings. The molecular formula is C16H19F2NO2. The van der Waals surface area contributed by atoms with Gasteiger partial charge in [-0.2, -0.15) is 8.78 Å². The zero-order valence-corrected chi connectivity index (χ0v) is 11.8. The molecule has 1 heterocycles. The third-order valence-electron chi connectivity index (χ3n) is 3.42. The van der Waals surface area contributed by atoms with Crippen molar-refractivity contribution in [3.8, 4) is 5.75 Å². The first kappa shape index (κ1) is 15.5. The first-order valence-corrected chi connectivity index (χ1v) is 7.16. The van der Waals surface area contributed by atoms with Crippen LogP contribution in [0.15, 0.2) is 36.5 Å². The van der Waals surface area contributed by atoms with Crippen LogP contribution in [0.3, 0.4) is 0 Å². The fourth-order valence-electron chi connectivity index (χ4n) is 2.34. The summed E-state index contributed by atoms with van der Waals surface area (Å²) in [6.45, 7) is -0.973. The van der Waals surface area contributed by atoms with Gasteiger partial charge in [0.05, 0.1) is 0 Å². The van der Waals surface area contributed by atoms with E-state index in [2.05, 4.69) is 9.64 Å². The second-order valence-corrected chi connectivity index (χ2v) is 5.04. The number of rotatable bonds is 5. The first-order valence-electron chi connectivity index (χ1n) is 7.16. The third kappa shape index (κ3) is 5.17. The summed E-state index contributed by atoms with van der Waals surface area (Å²) in [5.41, 5.74) is 0.347. The van der Waals surface area contributed by atoms with Crippen molar-refractivity contribution in [1.82, 2.24) is 4.90 Å². The van der Waals surface area contributed by atoms with Gasteiger partial charge in [-0.1, -0.05) is 25.0 Å². The molecule has 0 amide bonds. The molecule has 1 aliphatic heterocycles. The van der Waals surface area contributed by atoms with Crippen LogP contribution in [0, 0.1) is 0 Å². The number of carbonyl (C=O) groups is 1. The van der Waals surface area contributed by atoms with E-state index >= 15 is 0 Å². The highest BCUT2D eigenvalue weighted by Crippen LogP contribution is 2.17. The fourth-order valence-corrected chi connectivity index (χ4v) is 2.34. The van der Waals surface area contributed by atoms with Crippen molar-refractivity contribution in [3.63, 3.8) is 0 Å². The van der Waals surface area contributed by atoms with Crippen LogP contribution in [0.4, 0.5) is 8.78 Å². The molecule has 5 heteroatoms. The maximum Gasteiger partial charge on any atom is 0.387 e. The highest BCUT2D eigenvalue weighted by atomic mass is 19.3. The zero-order valence-electron chi connectivity index (χ0n) is 11.8. The maximum atomic E-state index is 12.2. The Morgan fingerprint density at radius 1 is 1.19 bits per heavy atom. The van der Waals surface area contributed by atoms with Crippen molar-refractivity contribution in [1.29, 1.82) is 0 Å². The van der Waals surface area contributed by atoms with Gasteiger partial charge in [0.15, 0.2) is 5.78 Å². The summed E-state index contributed by atoms with van der Waals surface area (Å²) in [6.07, 6.45) is 8.02. The quantitative estimate of drug-likeness (QED) is 0.610. The topological polar surface area (TPSA) is 29.5 Å². The number of hydrogen-bond acceptors (Lipinski definition) is 3. The Bertz CT molecular complexity index is 495. The Balaban J connectivity index is 1.98. The Hall–Kier alpha value is -1.91. The highest BCUT2D eigenvalue weighted by molar-refractivity contribution is 6.04. The monoisotopic (exact) mass is 295 g/mol. The second-order valence-electron chi connectivity index (χ2n) is 5.04. The largest absolute Gasteiger partial charge is 0.435 e. The summed E-state index contributed by atoms with van der Waals surface area (Å²) in [5.74, 6) is -0.210. The van der Waals surface area contributed by atoms with Gasteiger partial charge in [-0.25, -0.2) is 0 Å². The molecular weight excluding hydrogens is 276 g/mol. The molecule has 0 aromatic heterocycles. The highest BCUT2D eigenvalue weighted by Gasteiger charge is 2.09. The Kier molecular flexibility index (Phi) is 5.72. The standard InChI is InChI=1S/C16H19F2NO2/c17-16(18)21-14-7-5-6-13(12-14)15(20)8-11-19-9-3-1-2-4-10-19/h5-8,11-12,16H,1-4,9-10H2. The molecule has 3 nitrogen and oxygen atoms in total. The molecule has 0 atom stereocenters. The van der Waals surface area contributed by atoms with Gasteiger partial charge < -0.3 is 9.64 Å². The number of allylic oxidation sites excluding steroid dienone is 1. The number of nitrogens with zero attached hydrogens (tertiary/aromatic N) is 1. The average molecular weight is 295 g/mol. The summed E-state index contributed by atoms with van der Waals surface area (Å²) in [5, 5.41) is 0. The summed E-state index contributed by atoms with van der Waals surface area (Å²) in [7, 11) is 0. The van der Waals surface area contributed by atoms with Crippen LogP contribution in [-0.4, -0.2) is 30.4 Å². The number of ether oxygens (including phenoxy) is 1. The van der Waals surface area contributed by atoms with E-state index in [4.69, 9.17) is 0 Å². The lowest BCUT2D eigenvalue weighted by atomic mass is 10.1. The molecule has 0 unspecified atom stereocenters. The summed E-state index contributed by atoms with van der Waals surface area (Å²) in [4.78, 5) is 14.2. The van der Waals surface area contributed by atoms with Gasteiger partial charge in [0.1, 0.15) is 5.75 Å². The van der Waals surface area contributed by atoms with Gasteiger partial charge in [-0.3, -0.25) is 4.79 Å². The van der Waals surface area contributed by atoms with Crippen LogP contribution in [-0.2, 0) is 0 Å². The summed E-state index contributed by atoms with van der Waals surface area (Å²) in [6, 6.07) is 5.86. The predicted molar refractivity (Wildman–Crippen MR) is 76.6 cm³/mol. The third-order valence-corrected chi connectivity index (χ3v) is 3.42. The van der Waals surface area contributed by atoms with Crippen molar-refractivity contribution in [2.24, 2.45) is 0 Å². The number of ketones is 1. The van der Waals surface area contributed by atoms with Crippen LogP contribution >= 0.6 is 0 Å². The molecule has 0 saturated carbocycles. The first-order chi connectivity index (χ1) is 10.1. The molecule has 1 saturated heterocycles. The normalized spacial score (nSPS) is 16.2. The Morgan fingerprint density at radius 3 is 2.57 bits per heavy atom. The number of halogens is 2. The SMILES string of the molecule is O=C(C=CN1CCCCCC1)c1cccc(OC(F)F)c1. The molecule has 0 bridgehead atoms. The Morgan fingerprint density at radius 2 is 1.90 bits per heavy atom. The van der Waals surface area contributed by atoms with E-state index in [0.29, 0.717) is 5.56 Å². The summed E-state index contributed by atoms with van der Waals surface area (Å²) >= 11 is 0. The molecule has 114 valence electrons. The van der Waals surface area contributed by atoms with Crippen LogP contribution < -0.4 is 4.74 Å². The van der Waals surface area contributed by atoms with E-state index in [1.165, 1.54) is 37.1 Å². The van der Waals surface area contributed by atoms with E-state index in [9.17, 15) is 13.6 Å². The molecule has 21 heavy (non-hydrogen) atoms. The number of likely N-dealkylation sites (tertiary alicyclic amines) is 1. The molecule has 0 aliphatic carbocycles. The second kappa shape index (κ2) is 7.76. The van der Waals surface area contributed by atoms with E-state index in [1.807, 2.05) is 0 Å². The van der Waals surface area contributed by atoms with E-state index in [-0.39, 0.29) is 11.5 Å². The zero-order chi connectivity index (χ0) is 15.1. The molecule has 0 N–H and O–H groups in total. The average Bonchev–Trinajstić information content (AvgIpc) is 2.73. The van der Waals surface area contributed by atoms with Gasteiger partial charge in [-0.15, -0.1) is 0 Å². The molecule has 1 fully saturated rings. The fraction of sp³-hybridized carbons (Fsp3) is 0.438. The van der Waals surface area contributed by atoms with Gasteiger partial charge in [-0.05, 0) is 25.0 Å². The van der Waals surface area contributed by atoms with E-state index < -0.39 is 6.61 Å². The van der Waals surface area contributed by atoms with Crippen molar-refractivity contribution >= 4 is 5.78 Å². The lowest BCUT2D eigenvalue weighted by molar-refractivity contribution is -0.0498. The molecule has 1 aromatic carbocycles. The van der Waals surface area contributed by atoms with Gasteiger partial charge in [0, 0.05) is 30.9 Å². The molecule has 2 rings (SSSR count). The van der Waals surface area contributed by atoms with E-state index in [0.717, 1.165) is 25.9 Å². The smallest absolute Gasteiger partial charge is 0.387 e. The minimum Gasteiger partial charge on any atom is -0.435 e. The van der Waals surface area contributed by atoms with Crippen molar-refractivity contribution in [3.05, 3.63) is 42.1 Å². The van der Waals surface area contributed by atoms with Gasteiger partial charge >= 0.3 is 6.61 Å². The van der Waals surface area contributed by atoms with Gasteiger partial charge in [0.25, 0.3) is 0 Å². The van der Waals surface area contributed by atoms with E-state index in [1.54, 1.807) is 12.3 Å². The lowest BCUT2D eigenvalue weighted by Gasteiger charge is -2.16. The Labute approximate surface area is 123 Å².